The van der Waals surface area contributed by atoms with Crippen LogP contribution in [0.15, 0.2) is 32.3 Å². The Hall–Kier alpha value is -2.17. The minimum absolute atomic E-state index is 0.0576. The van der Waals surface area contributed by atoms with Crippen LogP contribution >= 0.6 is 0 Å². The summed E-state index contributed by atoms with van der Waals surface area (Å²) < 4.78 is 39.1. The van der Waals surface area contributed by atoms with Crippen LogP contribution < -0.4 is 5.76 Å². The van der Waals surface area contributed by atoms with Crippen molar-refractivity contribution in [2.75, 3.05) is 32.8 Å². The van der Waals surface area contributed by atoms with Crippen LogP contribution in [0, 0.1) is 0 Å². The number of amides is 1. The summed E-state index contributed by atoms with van der Waals surface area (Å²) in [4.78, 5) is 27.0. The molecule has 2 aliphatic rings. The zero-order valence-corrected chi connectivity index (χ0v) is 18.1. The van der Waals surface area contributed by atoms with Gasteiger partial charge in [0.1, 0.15) is 0 Å². The van der Waals surface area contributed by atoms with E-state index in [0.717, 1.165) is 12.8 Å². The molecule has 0 radical (unpaired) electrons. The maximum Gasteiger partial charge on any atom is 0.419 e. The minimum Gasteiger partial charge on any atom is -0.408 e. The van der Waals surface area contributed by atoms with Gasteiger partial charge in [0.25, 0.3) is 0 Å². The van der Waals surface area contributed by atoms with Gasteiger partial charge < -0.3 is 14.1 Å². The summed E-state index contributed by atoms with van der Waals surface area (Å²) >= 11 is 0. The number of oxazole rings is 1. The molecule has 164 valence electrons. The number of carbonyl (C=O) groups is 1. The van der Waals surface area contributed by atoms with Crippen LogP contribution in [0.4, 0.5) is 0 Å². The van der Waals surface area contributed by atoms with Crippen LogP contribution in [-0.2, 0) is 26.1 Å². The van der Waals surface area contributed by atoms with E-state index < -0.39 is 21.3 Å². The maximum absolute atomic E-state index is 12.8. The van der Waals surface area contributed by atoms with E-state index in [-0.39, 0.29) is 29.4 Å². The lowest BCUT2D eigenvalue weighted by Gasteiger charge is -2.42. The van der Waals surface area contributed by atoms with Crippen LogP contribution in [0.2, 0.25) is 0 Å². The van der Waals surface area contributed by atoms with Gasteiger partial charge >= 0.3 is 5.76 Å². The molecular formula is C20H27N3O6S. The van der Waals surface area contributed by atoms with E-state index in [4.69, 9.17) is 9.15 Å². The van der Waals surface area contributed by atoms with Gasteiger partial charge in [0, 0.05) is 38.7 Å². The summed E-state index contributed by atoms with van der Waals surface area (Å²) in [6.45, 7) is 6.56. The van der Waals surface area contributed by atoms with Crippen molar-refractivity contribution in [2.24, 2.45) is 0 Å². The fraction of sp³-hybridized carbons (Fsp3) is 0.600. The fourth-order valence-corrected chi connectivity index (χ4v) is 5.69. The molecule has 0 spiro atoms. The number of ether oxygens (including phenoxy) is 1. The molecule has 2 fully saturated rings. The standard InChI is InChI=1S/C20H27N3O6S/c1-20(2)14-28-12-11-23(20)18(24)7-10-22-16-6-5-15(13-17(16)29-19(22)25)30(26,27)21-8-3-4-9-21/h5-6,13H,3-4,7-12,14H2,1-2H3. The second-order valence-electron chi connectivity index (χ2n) is 8.42. The van der Waals surface area contributed by atoms with Gasteiger partial charge in [-0.2, -0.15) is 4.31 Å². The topological polar surface area (TPSA) is 102 Å². The Morgan fingerprint density at radius 1 is 1.17 bits per heavy atom. The van der Waals surface area contributed by atoms with Crippen molar-refractivity contribution in [3.8, 4) is 0 Å². The van der Waals surface area contributed by atoms with Crippen molar-refractivity contribution in [1.82, 2.24) is 13.8 Å². The van der Waals surface area contributed by atoms with Crippen molar-refractivity contribution >= 4 is 27.0 Å². The Balaban J connectivity index is 1.55. The molecule has 0 N–H and O–H groups in total. The highest BCUT2D eigenvalue weighted by Crippen LogP contribution is 2.25. The molecule has 4 rings (SSSR count). The normalized spacial score (nSPS) is 20.1. The van der Waals surface area contributed by atoms with Gasteiger partial charge in [0.2, 0.25) is 15.9 Å². The number of morpholine rings is 1. The molecule has 2 aliphatic heterocycles. The minimum atomic E-state index is -3.60. The van der Waals surface area contributed by atoms with Crippen LogP contribution in [0.25, 0.3) is 11.1 Å². The molecule has 9 nitrogen and oxygen atoms in total. The average Bonchev–Trinajstić information content (AvgIpc) is 3.33. The Morgan fingerprint density at radius 2 is 1.90 bits per heavy atom. The predicted octanol–water partition coefficient (Wildman–Crippen LogP) is 1.41. The van der Waals surface area contributed by atoms with E-state index in [0.29, 0.717) is 38.4 Å². The summed E-state index contributed by atoms with van der Waals surface area (Å²) in [5.41, 5.74) is 0.297. The van der Waals surface area contributed by atoms with Crippen LogP contribution in [-0.4, -0.2) is 66.5 Å². The van der Waals surface area contributed by atoms with Gasteiger partial charge in [0.05, 0.1) is 29.2 Å². The number of nitrogens with zero attached hydrogens (tertiary/aromatic N) is 3. The van der Waals surface area contributed by atoms with Gasteiger partial charge in [-0.05, 0) is 38.8 Å². The zero-order valence-electron chi connectivity index (χ0n) is 17.3. The quantitative estimate of drug-likeness (QED) is 0.701. The number of carbonyl (C=O) groups excluding carboxylic acids is 1. The third-order valence-corrected chi connectivity index (χ3v) is 7.73. The molecule has 0 unspecified atom stereocenters. The maximum atomic E-state index is 12.8. The summed E-state index contributed by atoms with van der Waals surface area (Å²) in [6.07, 6.45) is 1.84. The van der Waals surface area contributed by atoms with E-state index in [2.05, 4.69) is 0 Å². The first kappa shape index (κ1) is 21.1. The molecule has 1 amide bonds. The highest BCUT2D eigenvalue weighted by Gasteiger charge is 2.34. The van der Waals surface area contributed by atoms with Gasteiger partial charge in [-0.15, -0.1) is 0 Å². The Kier molecular flexibility index (Phi) is 5.50. The van der Waals surface area contributed by atoms with Crippen LogP contribution in [0.5, 0.6) is 0 Å². The number of hydrogen-bond donors (Lipinski definition) is 0. The molecule has 0 aliphatic carbocycles. The van der Waals surface area contributed by atoms with Gasteiger partial charge in [-0.1, -0.05) is 0 Å². The number of aryl methyl sites for hydroxylation is 1. The molecule has 0 atom stereocenters. The molecule has 3 heterocycles. The first-order valence-electron chi connectivity index (χ1n) is 10.2. The summed E-state index contributed by atoms with van der Waals surface area (Å²) in [7, 11) is -3.60. The molecule has 2 aromatic rings. The fourth-order valence-electron chi connectivity index (χ4n) is 4.16. The lowest BCUT2D eigenvalue weighted by atomic mass is 10.0. The second-order valence-corrected chi connectivity index (χ2v) is 10.4. The molecule has 30 heavy (non-hydrogen) atoms. The van der Waals surface area contributed by atoms with Crippen molar-refractivity contribution in [1.29, 1.82) is 0 Å². The number of fused-ring (bicyclic) bond motifs is 1. The molecule has 10 heteroatoms. The molecular weight excluding hydrogens is 410 g/mol. The largest absolute Gasteiger partial charge is 0.419 e. The third-order valence-electron chi connectivity index (χ3n) is 5.84. The van der Waals surface area contributed by atoms with Crippen LogP contribution in [0.1, 0.15) is 33.1 Å². The summed E-state index contributed by atoms with van der Waals surface area (Å²) in [6, 6.07) is 4.47. The average molecular weight is 438 g/mol. The molecule has 1 aromatic carbocycles. The van der Waals surface area contributed by atoms with Gasteiger partial charge in [-0.25, -0.2) is 13.2 Å². The molecule has 1 aromatic heterocycles. The van der Waals surface area contributed by atoms with Crippen molar-refractivity contribution in [3.05, 3.63) is 28.7 Å². The Bertz CT molecular complexity index is 1110. The van der Waals surface area contributed by atoms with E-state index in [1.807, 2.05) is 13.8 Å². The summed E-state index contributed by atoms with van der Waals surface area (Å²) in [5, 5.41) is 0. The van der Waals surface area contributed by atoms with E-state index in [9.17, 15) is 18.0 Å². The lowest BCUT2D eigenvalue weighted by molar-refractivity contribution is -0.146. The number of benzene rings is 1. The molecule has 2 saturated heterocycles. The highest BCUT2D eigenvalue weighted by molar-refractivity contribution is 7.89. The van der Waals surface area contributed by atoms with Crippen molar-refractivity contribution in [3.63, 3.8) is 0 Å². The summed E-state index contributed by atoms with van der Waals surface area (Å²) in [5.74, 6) is -0.660. The number of aromatic nitrogens is 1. The van der Waals surface area contributed by atoms with Crippen LogP contribution in [0.3, 0.4) is 0 Å². The van der Waals surface area contributed by atoms with E-state index >= 15 is 0 Å². The van der Waals surface area contributed by atoms with Crippen molar-refractivity contribution in [2.45, 2.75) is 50.1 Å². The first-order valence-corrected chi connectivity index (χ1v) is 11.7. The first-order chi connectivity index (χ1) is 14.2. The van der Waals surface area contributed by atoms with E-state index in [1.165, 1.54) is 21.0 Å². The van der Waals surface area contributed by atoms with E-state index in [1.54, 1.807) is 11.0 Å². The Morgan fingerprint density at radius 3 is 2.60 bits per heavy atom. The second kappa shape index (κ2) is 7.82. The number of hydrogen-bond acceptors (Lipinski definition) is 6. The molecule has 0 saturated carbocycles. The van der Waals surface area contributed by atoms with Crippen molar-refractivity contribution < 1.29 is 22.4 Å². The predicted molar refractivity (Wildman–Crippen MR) is 110 cm³/mol. The monoisotopic (exact) mass is 437 g/mol. The smallest absolute Gasteiger partial charge is 0.408 e. The SMILES string of the molecule is CC1(C)COCCN1C(=O)CCn1c(=O)oc2cc(S(=O)(=O)N3CCCC3)ccc21. The van der Waals surface area contributed by atoms with Gasteiger partial charge in [-0.3, -0.25) is 9.36 Å². The Labute approximate surface area is 175 Å². The highest BCUT2D eigenvalue weighted by atomic mass is 32.2. The number of sulfonamides is 1. The lowest BCUT2D eigenvalue weighted by Crippen LogP contribution is -2.55. The third kappa shape index (κ3) is 3.79. The molecule has 0 bridgehead atoms. The van der Waals surface area contributed by atoms with Gasteiger partial charge in [0.15, 0.2) is 5.58 Å². The zero-order chi connectivity index (χ0) is 21.5. The number of rotatable bonds is 5.